The molecule has 0 bridgehead atoms. The third-order valence-electron chi connectivity index (χ3n) is 17.0. The van der Waals surface area contributed by atoms with Crippen LogP contribution in [0.5, 0.6) is 0 Å². The lowest BCUT2D eigenvalue weighted by Gasteiger charge is -2.26. The van der Waals surface area contributed by atoms with Gasteiger partial charge in [0.15, 0.2) is 12.4 Å². The summed E-state index contributed by atoms with van der Waals surface area (Å²) in [5.74, 6) is -2.27. The Labute approximate surface area is 575 Å². The summed E-state index contributed by atoms with van der Waals surface area (Å²) >= 11 is 0. The Morgan fingerprint density at radius 3 is 0.914 bits per heavy atom. The first-order valence-electron chi connectivity index (χ1n) is 39.0. The number of carbonyl (C=O) groups excluding carboxylic acids is 3. The first kappa shape index (κ1) is 89.0. The average Bonchev–Trinajstić information content (AvgIpc) is 3.38. The molecule has 0 aromatic carbocycles. The third-order valence-corrected chi connectivity index (χ3v) is 17.0. The molecule has 536 valence electrons. The molecule has 0 fully saturated rings. The van der Waals surface area contributed by atoms with Crippen LogP contribution >= 0.6 is 0 Å². The van der Waals surface area contributed by atoms with Gasteiger partial charge in [-0.2, -0.15) is 0 Å². The smallest absolute Gasteiger partial charge is 0.306 e. The van der Waals surface area contributed by atoms with Crippen molar-refractivity contribution in [2.75, 3.05) is 47.5 Å². The maximum absolute atomic E-state index is 13.0. The molecule has 0 amide bonds. The summed E-state index contributed by atoms with van der Waals surface area (Å²) < 4.78 is 22.9. The maximum atomic E-state index is 13.0. The second-order valence-corrected chi connectivity index (χ2v) is 27.3. The van der Waals surface area contributed by atoms with Crippen LogP contribution in [0.3, 0.4) is 0 Å². The third kappa shape index (κ3) is 75.2. The fourth-order valence-electron chi connectivity index (χ4n) is 11.1. The highest BCUT2D eigenvalue weighted by Gasteiger charge is 2.22. The van der Waals surface area contributed by atoms with Crippen LogP contribution in [-0.2, 0) is 33.3 Å². The number of rotatable bonds is 72. The maximum Gasteiger partial charge on any atom is 0.306 e. The molecule has 0 saturated carbocycles. The van der Waals surface area contributed by atoms with Gasteiger partial charge >= 0.3 is 11.9 Å². The van der Waals surface area contributed by atoms with Gasteiger partial charge in [-0.05, 0) is 83.5 Å². The molecule has 0 aromatic heterocycles. The molecule has 9 nitrogen and oxygen atoms in total. The zero-order valence-electron chi connectivity index (χ0n) is 61.4. The number of carboxylic acids is 1. The number of likely N-dealkylation sites (N-methyl/N-ethyl adjacent to an activating group) is 1. The molecule has 0 spiro atoms. The number of allylic oxidation sites excluding steroid dienone is 18. The lowest BCUT2D eigenvalue weighted by molar-refractivity contribution is -0.870. The number of nitrogens with zero attached hydrogens (tertiary/aromatic N) is 1. The molecule has 0 saturated heterocycles. The SMILES string of the molecule is CC/C=C\C/C=C\C/C=C\C/C=C\C/C=C\C/C=C\C/C=C\C/C=C\C/C=C\CCCCCCCCCCCCCCCC(=O)OC(COC(=O)CCCCCCCCCCCCCCCCCCCCCCCCCCCCC)COC(OCC[N+](C)(C)C)C(=O)[O-]. The van der Waals surface area contributed by atoms with Crippen molar-refractivity contribution >= 4 is 17.9 Å². The standard InChI is InChI=1S/C84H147NO8/c1-6-8-10-12-14-16-18-20-22-24-26-28-30-32-34-35-36-37-38-39-40-41-42-43-44-45-46-47-49-51-53-55-57-59-61-63-65-67-69-71-73-75-82(87)93-80(79-92-84(83(88)89)90-77-76-85(3,4)5)78-91-81(86)74-72-70-68-66-64-62-60-58-56-54-52-50-48-33-31-29-27-25-23-21-19-17-15-13-11-9-7-2/h8,10,14,16,20,22,26,28,32,34,36-37,39-40,42-43,45-46,80,84H,6-7,9,11-13,15,17-19,21,23-25,27,29-31,33,35,38,41,44,47-79H2,1-5H3/b10-8-,16-14-,22-20-,28-26-,34-32-,37-36-,40-39-,43-42-,46-45-. The van der Waals surface area contributed by atoms with Crippen molar-refractivity contribution < 1.29 is 42.9 Å². The van der Waals surface area contributed by atoms with Crippen LogP contribution in [0.4, 0.5) is 0 Å². The summed E-state index contributed by atoms with van der Waals surface area (Å²) in [4.78, 5) is 37.6. The van der Waals surface area contributed by atoms with Crippen LogP contribution in [-0.4, -0.2) is 82.3 Å². The summed E-state index contributed by atoms with van der Waals surface area (Å²) in [6.07, 6.45) is 101. The highest BCUT2D eigenvalue weighted by molar-refractivity contribution is 5.70. The number of hydrogen-bond acceptors (Lipinski definition) is 8. The number of hydrogen-bond donors (Lipinski definition) is 0. The van der Waals surface area contributed by atoms with Crippen molar-refractivity contribution in [1.29, 1.82) is 0 Å². The van der Waals surface area contributed by atoms with E-state index < -0.39 is 24.3 Å². The monoisotopic (exact) mass is 1300 g/mol. The Morgan fingerprint density at radius 2 is 0.613 bits per heavy atom. The molecule has 2 atom stereocenters. The number of carbonyl (C=O) groups is 3. The molecule has 0 aliphatic carbocycles. The molecule has 0 aliphatic rings. The van der Waals surface area contributed by atoms with Crippen LogP contribution < -0.4 is 5.11 Å². The summed E-state index contributed by atoms with van der Waals surface area (Å²) in [5, 5.41) is 11.9. The normalized spacial score (nSPS) is 13.3. The molecule has 0 N–H and O–H groups in total. The van der Waals surface area contributed by atoms with Crippen LogP contribution in [0.15, 0.2) is 109 Å². The second-order valence-electron chi connectivity index (χ2n) is 27.3. The number of quaternary nitrogens is 1. The molecular weight excluding hydrogens is 1150 g/mol. The number of aliphatic carboxylic acids is 1. The van der Waals surface area contributed by atoms with Gasteiger partial charge in [0.2, 0.25) is 0 Å². The van der Waals surface area contributed by atoms with E-state index in [0.717, 1.165) is 96.3 Å². The van der Waals surface area contributed by atoms with Crippen LogP contribution in [0.25, 0.3) is 0 Å². The average molecular weight is 1300 g/mol. The summed E-state index contributed by atoms with van der Waals surface area (Å²) in [6.45, 7) is 4.68. The van der Waals surface area contributed by atoms with Crippen molar-refractivity contribution in [1.82, 2.24) is 0 Å². The first-order chi connectivity index (χ1) is 45.6. The summed E-state index contributed by atoms with van der Waals surface area (Å²) in [5.41, 5.74) is 0. The molecule has 0 heterocycles. The zero-order chi connectivity index (χ0) is 67.5. The second kappa shape index (κ2) is 73.8. The minimum absolute atomic E-state index is 0.146. The topological polar surface area (TPSA) is 111 Å². The predicted molar refractivity (Wildman–Crippen MR) is 398 cm³/mol. The number of unbranched alkanes of at least 4 members (excludes halogenated alkanes) is 39. The van der Waals surface area contributed by atoms with Gasteiger partial charge in [0.1, 0.15) is 13.2 Å². The van der Waals surface area contributed by atoms with E-state index in [1.165, 1.54) is 218 Å². The molecule has 0 radical (unpaired) electrons. The lowest BCUT2D eigenvalue weighted by Crippen LogP contribution is -2.44. The van der Waals surface area contributed by atoms with Crippen LogP contribution in [0, 0.1) is 0 Å². The Bertz CT molecular complexity index is 1900. The van der Waals surface area contributed by atoms with Gasteiger partial charge in [0.25, 0.3) is 0 Å². The highest BCUT2D eigenvalue weighted by atomic mass is 16.7. The predicted octanol–water partition coefficient (Wildman–Crippen LogP) is 23.6. The van der Waals surface area contributed by atoms with Crippen LogP contribution in [0.2, 0.25) is 0 Å². The van der Waals surface area contributed by atoms with E-state index >= 15 is 0 Å². The quantitative estimate of drug-likeness (QED) is 0.0195. The Balaban J connectivity index is 4.06. The molecule has 0 aromatic rings. The lowest BCUT2D eigenvalue weighted by atomic mass is 10.0. The van der Waals surface area contributed by atoms with Gasteiger partial charge in [-0.1, -0.05) is 361 Å². The molecule has 0 rings (SSSR count). The van der Waals surface area contributed by atoms with Gasteiger partial charge in [0.05, 0.1) is 40.3 Å². The fourth-order valence-corrected chi connectivity index (χ4v) is 11.1. The largest absolute Gasteiger partial charge is 0.545 e. The van der Waals surface area contributed by atoms with E-state index in [9.17, 15) is 19.5 Å². The van der Waals surface area contributed by atoms with Gasteiger partial charge in [-0.15, -0.1) is 0 Å². The van der Waals surface area contributed by atoms with Crippen LogP contribution in [0.1, 0.15) is 348 Å². The molecule has 93 heavy (non-hydrogen) atoms. The van der Waals surface area contributed by atoms with Crippen molar-refractivity contribution in [2.24, 2.45) is 0 Å². The van der Waals surface area contributed by atoms with Gasteiger partial charge in [-0.3, -0.25) is 9.59 Å². The van der Waals surface area contributed by atoms with Gasteiger partial charge in [0, 0.05) is 12.8 Å². The molecule has 2 unspecified atom stereocenters. The summed E-state index contributed by atoms with van der Waals surface area (Å²) in [7, 11) is 5.94. The van der Waals surface area contributed by atoms with Gasteiger partial charge < -0.3 is 33.3 Å². The number of esters is 2. The van der Waals surface area contributed by atoms with Gasteiger partial charge in [-0.25, -0.2) is 0 Å². The zero-order valence-corrected chi connectivity index (χ0v) is 61.4. The van der Waals surface area contributed by atoms with E-state index in [4.69, 9.17) is 18.9 Å². The fraction of sp³-hybridized carbons (Fsp3) is 0.750. The minimum atomic E-state index is -1.63. The minimum Gasteiger partial charge on any atom is -0.545 e. The van der Waals surface area contributed by atoms with E-state index in [0.29, 0.717) is 23.9 Å². The van der Waals surface area contributed by atoms with Crippen molar-refractivity contribution in [3.63, 3.8) is 0 Å². The van der Waals surface area contributed by atoms with Crippen molar-refractivity contribution in [3.8, 4) is 0 Å². The van der Waals surface area contributed by atoms with Crippen molar-refractivity contribution in [2.45, 2.75) is 360 Å². The Kier molecular flexibility index (Phi) is 70.5. The first-order valence-corrected chi connectivity index (χ1v) is 39.0. The highest BCUT2D eigenvalue weighted by Crippen LogP contribution is 2.19. The number of ether oxygens (including phenoxy) is 4. The van der Waals surface area contributed by atoms with E-state index in [-0.39, 0.29) is 32.2 Å². The van der Waals surface area contributed by atoms with E-state index in [1.807, 2.05) is 21.1 Å². The Hall–Kier alpha value is -4.05. The number of carboxylic acid groups (broad SMARTS) is 1. The Morgan fingerprint density at radius 1 is 0.333 bits per heavy atom. The summed E-state index contributed by atoms with van der Waals surface area (Å²) in [6, 6.07) is 0. The van der Waals surface area contributed by atoms with E-state index in [1.54, 1.807) is 0 Å². The molecule has 0 aliphatic heterocycles. The molecule has 9 heteroatoms. The van der Waals surface area contributed by atoms with Crippen molar-refractivity contribution in [3.05, 3.63) is 109 Å². The van der Waals surface area contributed by atoms with E-state index in [2.05, 4.69) is 123 Å². The molecular formula is C84H147NO8.